The van der Waals surface area contributed by atoms with E-state index in [2.05, 4.69) is 0 Å². The molecule has 0 unspecified atom stereocenters. The summed E-state index contributed by atoms with van der Waals surface area (Å²) in [5.74, 6) is -0.375. The van der Waals surface area contributed by atoms with E-state index < -0.39 is 17.4 Å². The lowest BCUT2D eigenvalue weighted by atomic mass is 9.84. The third-order valence-electron chi connectivity index (χ3n) is 5.69. The molecule has 3 aromatic carbocycles. The minimum Gasteiger partial charge on any atom is -0.489 e. The number of aryl methyl sites for hydroxylation is 1. The molecule has 0 fully saturated rings. The van der Waals surface area contributed by atoms with Crippen LogP contribution in [0.2, 0.25) is 5.02 Å². The van der Waals surface area contributed by atoms with E-state index in [1.54, 1.807) is 32.5 Å². The standard InChI is InChI=1S/C29H31ClO5S/c1-4-33-27(31)29(3,28(32)34-5-2)19-18-22-12-9-13-25(26(22)30)36-24-16-14-23(15-17-24)35-20-21-10-7-6-8-11-21/h6-17H,4-5,18-20H2,1-3H3. The molecule has 0 bridgehead atoms. The summed E-state index contributed by atoms with van der Waals surface area (Å²) in [5, 5.41) is 0.599. The zero-order chi connectivity index (χ0) is 26.0. The molecule has 36 heavy (non-hydrogen) atoms. The third kappa shape index (κ3) is 7.28. The van der Waals surface area contributed by atoms with Crippen molar-refractivity contribution in [3.8, 4) is 5.75 Å². The lowest BCUT2D eigenvalue weighted by Crippen LogP contribution is -2.40. The Morgan fingerprint density at radius 1 is 0.861 bits per heavy atom. The zero-order valence-electron chi connectivity index (χ0n) is 20.8. The van der Waals surface area contributed by atoms with Crippen LogP contribution in [0.25, 0.3) is 0 Å². The second kappa shape index (κ2) is 13.4. The van der Waals surface area contributed by atoms with Crippen molar-refractivity contribution in [2.75, 3.05) is 13.2 Å². The number of esters is 2. The Kier molecular flexibility index (Phi) is 10.3. The van der Waals surface area contributed by atoms with Gasteiger partial charge in [0, 0.05) is 9.79 Å². The number of hydrogen-bond donors (Lipinski definition) is 0. The van der Waals surface area contributed by atoms with Gasteiger partial charge in [-0.3, -0.25) is 9.59 Å². The molecule has 0 aromatic heterocycles. The number of halogens is 1. The van der Waals surface area contributed by atoms with Crippen molar-refractivity contribution in [1.29, 1.82) is 0 Å². The second-order valence-corrected chi connectivity index (χ2v) is 9.84. The average Bonchev–Trinajstić information content (AvgIpc) is 2.89. The minimum atomic E-state index is -1.39. The summed E-state index contributed by atoms with van der Waals surface area (Å²) in [4.78, 5) is 27.1. The molecule has 3 rings (SSSR count). The van der Waals surface area contributed by atoms with Gasteiger partial charge in [0.2, 0.25) is 0 Å². The quantitative estimate of drug-likeness (QED) is 0.185. The first kappa shape index (κ1) is 27.6. The fourth-order valence-electron chi connectivity index (χ4n) is 3.55. The average molecular weight is 527 g/mol. The van der Waals surface area contributed by atoms with Crippen LogP contribution in [0, 0.1) is 5.41 Å². The molecule has 0 saturated heterocycles. The van der Waals surface area contributed by atoms with Gasteiger partial charge in [0.05, 0.1) is 18.2 Å². The molecule has 190 valence electrons. The number of carbonyl (C=O) groups excluding carboxylic acids is 2. The number of hydrogen-bond acceptors (Lipinski definition) is 6. The summed E-state index contributed by atoms with van der Waals surface area (Å²) in [5.41, 5.74) is 0.569. The maximum Gasteiger partial charge on any atom is 0.323 e. The molecule has 0 aliphatic rings. The largest absolute Gasteiger partial charge is 0.489 e. The van der Waals surface area contributed by atoms with Gasteiger partial charge in [0.1, 0.15) is 12.4 Å². The monoisotopic (exact) mass is 526 g/mol. The lowest BCUT2D eigenvalue weighted by molar-refractivity contribution is -0.171. The van der Waals surface area contributed by atoms with Crippen molar-refractivity contribution in [2.24, 2.45) is 5.41 Å². The molecule has 0 atom stereocenters. The Morgan fingerprint density at radius 2 is 1.50 bits per heavy atom. The summed E-state index contributed by atoms with van der Waals surface area (Å²) in [7, 11) is 0. The molecular formula is C29H31ClO5S. The van der Waals surface area contributed by atoms with Crippen LogP contribution in [0.4, 0.5) is 0 Å². The number of rotatable bonds is 12. The summed E-state index contributed by atoms with van der Waals surface area (Å²) in [6.45, 7) is 5.88. The van der Waals surface area contributed by atoms with E-state index in [0.29, 0.717) is 18.1 Å². The van der Waals surface area contributed by atoms with Crippen molar-refractivity contribution in [2.45, 2.75) is 50.0 Å². The van der Waals surface area contributed by atoms with Gasteiger partial charge in [-0.1, -0.05) is 65.8 Å². The molecule has 0 aliphatic carbocycles. The van der Waals surface area contributed by atoms with Gasteiger partial charge >= 0.3 is 11.9 Å². The molecule has 0 spiro atoms. The van der Waals surface area contributed by atoms with Crippen LogP contribution in [0.1, 0.15) is 38.3 Å². The minimum absolute atomic E-state index is 0.191. The van der Waals surface area contributed by atoms with E-state index in [4.69, 9.17) is 25.8 Å². The molecule has 0 radical (unpaired) electrons. The molecule has 5 nitrogen and oxygen atoms in total. The van der Waals surface area contributed by atoms with Gasteiger partial charge in [-0.25, -0.2) is 0 Å². The van der Waals surface area contributed by atoms with E-state index >= 15 is 0 Å². The normalized spacial score (nSPS) is 11.1. The highest BCUT2D eigenvalue weighted by Gasteiger charge is 2.43. The van der Waals surface area contributed by atoms with Crippen molar-refractivity contribution in [3.05, 3.63) is 88.9 Å². The van der Waals surface area contributed by atoms with Gasteiger partial charge in [0.15, 0.2) is 5.41 Å². The molecule has 3 aromatic rings. The topological polar surface area (TPSA) is 61.8 Å². The van der Waals surface area contributed by atoms with Crippen LogP contribution in [-0.4, -0.2) is 25.2 Å². The van der Waals surface area contributed by atoms with E-state index in [9.17, 15) is 9.59 Å². The first-order chi connectivity index (χ1) is 17.4. The predicted molar refractivity (Wildman–Crippen MR) is 142 cm³/mol. The fraction of sp³-hybridized carbons (Fsp3) is 0.310. The van der Waals surface area contributed by atoms with Gasteiger partial charge in [-0.15, -0.1) is 0 Å². The first-order valence-corrected chi connectivity index (χ1v) is 13.1. The van der Waals surface area contributed by atoms with Crippen LogP contribution >= 0.6 is 23.4 Å². The zero-order valence-corrected chi connectivity index (χ0v) is 22.4. The third-order valence-corrected chi connectivity index (χ3v) is 7.32. The van der Waals surface area contributed by atoms with Crippen molar-refractivity contribution >= 4 is 35.3 Å². The van der Waals surface area contributed by atoms with Crippen LogP contribution in [0.15, 0.2) is 82.6 Å². The number of carbonyl (C=O) groups is 2. The SMILES string of the molecule is CCOC(=O)C(C)(CCc1cccc(Sc2ccc(OCc3ccccc3)cc2)c1Cl)C(=O)OCC. The predicted octanol–water partition coefficient (Wildman–Crippen LogP) is 7.14. The van der Waals surface area contributed by atoms with Crippen LogP contribution < -0.4 is 4.74 Å². The maximum absolute atomic E-state index is 12.6. The Bertz CT molecular complexity index is 1130. The Hall–Kier alpha value is -2.96. The van der Waals surface area contributed by atoms with Crippen LogP contribution in [0.3, 0.4) is 0 Å². The van der Waals surface area contributed by atoms with Crippen molar-refractivity contribution in [1.82, 2.24) is 0 Å². The lowest BCUT2D eigenvalue weighted by Gasteiger charge is -2.25. The van der Waals surface area contributed by atoms with Gasteiger partial charge in [-0.05, 0) is 75.1 Å². The van der Waals surface area contributed by atoms with Gasteiger partial charge < -0.3 is 14.2 Å². The fourth-order valence-corrected chi connectivity index (χ4v) is 4.78. The summed E-state index contributed by atoms with van der Waals surface area (Å²) in [6.07, 6.45) is 0.652. The van der Waals surface area contributed by atoms with E-state index in [1.165, 1.54) is 0 Å². The molecule has 0 N–H and O–H groups in total. The van der Waals surface area contributed by atoms with Crippen LogP contribution in [0.5, 0.6) is 5.75 Å². The second-order valence-electron chi connectivity index (χ2n) is 8.35. The van der Waals surface area contributed by atoms with Gasteiger partial charge in [0.25, 0.3) is 0 Å². The van der Waals surface area contributed by atoms with E-state index in [1.807, 2.05) is 72.8 Å². The number of benzene rings is 3. The van der Waals surface area contributed by atoms with Crippen LogP contribution in [-0.2, 0) is 32.1 Å². The van der Waals surface area contributed by atoms with E-state index in [0.717, 1.165) is 26.7 Å². The molecule has 0 amide bonds. The van der Waals surface area contributed by atoms with E-state index in [-0.39, 0.29) is 19.6 Å². The van der Waals surface area contributed by atoms with Gasteiger partial charge in [-0.2, -0.15) is 0 Å². The summed E-state index contributed by atoms with van der Waals surface area (Å²) in [6, 6.07) is 23.7. The Labute approximate surface area is 222 Å². The first-order valence-electron chi connectivity index (χ1n) is 11.9. The van der Waals surface area contributed by atoms with Crippen molar-refractivity contribution < 1.29 is 23.8 Å². The smallest absolute Gasteiger partial charge is 0.323 e. The molecule has 7 heteroatoms. The summed E-state index contributed by atoms with van der Waals surface area (Å²) >= 11 is 8.28. The van der Waals surface area contributed by atoms with Crippen molar-refractivity contribution in [3.63, 3.8) is 0 Å². The molecule has 0 heterocycles. The number of ether oxygens (including phenoxy) is 3. The highest BCUT2D eigenvalue weighted by Crippen LogP contribution is 2.37. The molecular weight excluding hydrogens is 496 g/mol. The Balaban J connectivity index is 1.67. The molecule has 0 saturated carbocycles. The highest BCUT2D eigenvalue weighted by atomic mass is 35.5. The molecule has 0 aliphatic heterocycles. The highest BCUT2D eigenvalue weighted by molar-refractivity contribution is 7.99. The maximum atomic E-state index is 12.6. The Morgan fingerprint density at radius 3 is 2.11 bits per heavy atom. The summed E-state index contributed by atoms with van der Waals surface area (Å²) < 4.78 is 16.2.